The highest BCUT2D eigenvalue weighted by Crippen LogP contribution is 2.60. The lowest BCUT2D eigenvalue weighted by Gasteiger charge is -2.57. The lowest BCUT2D eigenvalue weighted by Crippen LogP contribution is -2.70. The number of nitriles is 1. The molecule has 7 nitrogen and oxygen atoms in total. The van der Waals surface area contributed by atoms with Crippen LogP contribution in [0.4, 0.5) is 5.69 Å². The molecule has 5 aliphatic rings. The van der Waals surface area contributed by atoms with E-state index in [1.807, 2.05) is 29.2 Å². The smallest absolute Gasteiger partial charge is 0.319 e. The molecule has 158 valence electrons. The van der Waals surface area contributed by atoms with Gasteiger partial charge in [-0.25, -0.2) is 0 Å². The molecule has 4 fully saturated rings. The van der Waals surface area contributed by atoms with Crippen LogP contribution >= 0.6 is 0 Å². The fraction of sp³-hybridized carbons (Fsp3) is 0.565. The Balaban J connectivity index is 0.000000687. The molecule has 4 heterocycles. The quantitative estimate of drug-likeness (QED) is 0.757. The second kappa shape index (κ2) is 7.21. The van der Waals surface area contributed by atoms with E-state index in [0.29, 0.717) is 30.8 Å². The molecule has 5 atom stereocenters. The van der Waals surface area contributed by atoms with Gasteiger partial charge in [-0.1, -0.05) is 31.5 Å². The fourth-order valence-corrected chi connectivity index (χ4v) is 6.19. The molecule has 0 unspecified atom stereocenters. The number of benzene rings is 1. The van der Waals surface area contributed by atoms with Crippen LogP contribution in [0.1, 0.15) is 45.1 Å². The van der Waals surface area contributed by atoms with Gasteiger partial charge in [0.15, 0.2) is 0 Å². The molecule has 6 rings (SSSR count). The van der Waals surface area contributed by atoms with Gasteiger partial charge in [0.05, 0.1) is 30.6 Å². The number of piperidine rings is 2. The zero-order valence-electron chi connectivity index (χ0n) is 17.6. The van der Waals surface area contributed by atoms with E-state index in [1.54, 1.807) is 6.07 Å². The van der Waals surface area contributed by atoms with Gasteiger partial charge in [-0.15, -0.1) is 0 Å². The number of amides is 1. The zero-order valence-corrected chi connectivity index (χ0v) is 17.6. The molecule has 1 aromatic carbocycles. The first-order valence-corrected chi connectivity index (χ1v) is 10.5. The molecule has 1 amide bonds. The molecule has 4 bridgehead atoms. The van der Waals surface area contributed by atoms with Gasteiger partial charge in [-0.2, -0.15) is 5.26 Å². The maximum atomic E-state index is 13.3. The number of aliphatic hydroxyl groups is 1. The number of hydrogen-bond donors (Lipinski definition) is 1. The first-order chi connectivity index (χ1) is 14.4. The molecule has 30 heavy (non-hydrogen) atoms. The number of hydrogen-bond acceptors (Lipinski definition) is 6. The average Bonchev–Trinajstić information content (AvgIpc) is 3.01. The van der Waals surface area contributed by atoms with Gasteiger partial charge >= 0.3 is 5.97 Å². The van der Waals surface area contributed by atoms with Crippen molar-refractivity contribution in [2.75, 3.05) is 13.7 Å². The highest BCUT2D eigenvalue weighted by molar-refractivity contribution is 6.16. The number of para-hydroxylation sites is 1. The predicted molar refractivity (Wildman–Crippen MR) is 110 cm³/mol. The minimum absolute atomic E-state index is 0.113. The Morgan fingerprint density at radius 3 is 2.80 bits per heavy atom. The Kier molecular flexibility index (Phi) is 4.94. The fourth-order valence-electron chi connectivity index (χ4n) is 6.19. The monoisotopic (exact) mass is 409 g/mol. The van der Waals surface area contributed by atoms with Crippen molar-refractivity contribution in [2.45, 2.75) is 51.2 Å². The molecule has 0 spiro atoms. The Morgan fingerprint density at radius 2 is 2.13 bits per heavy atom. The van der Waals surface area contributed by atoms with Crippen LogP contribution in [0.25, 0.3) is 0 Å². The number of aliphatic imine (C=N–C) groups is 1. The highest BCUT2D eigenvalue weighted by atomic mass is 16.5. The van der Waals surface area contributed by atoms with Gasteiger partial charge in [0.1, 0.15) is 11.0 Å². The molecule has 1 aliphatic carbocycles. The Morgan fingerprint density at radius 1 is 1.43 bits per heavy atom. The van der Waals surface area contributed by atoms with Crippen LogP contribution in [0.2, 0.25) is 0 Å². The van der Waals surface area contributed by atoms with Crippen molar-refractivity contribution in [2.24, 2.45) is 22.2 Å². The summed E-state index contributed by atoms with van der Waals surface area (Å²) in [5.74, 6) is -0.274. The number of nitrogens with zero attached hydrogens (tertiary/aromatic N) is 3. The van der Waals surface area contributed by atoms with E-state index >= 15 is 0 Å². The molecule has 0 aromatic heterocycles. The molecule has 1 saturated carbocycles. The second-order valence-electron chi connectivity index (χ2n) is 8.56. The first kappa shape index (κ1) is 20.5. The standard InChI is InChI=1S/C21H24N2O4.C2H3N/c1-3-12-10-13-11-20(19(25)27-2)16(12)23(17(13)24)9-8-21(26)14-6-4-5-7-15(14)22-18(20)21;1-2-3/h4-7,12-13,16,26H,3,8-11H2,1-2H3;1H3/t12-,13+,16-,20-,21+;/m0./s1. The van der Waals surface area contributed by atoms with Crippen LogP contribution in [0.3, 0.4) is 0 Å². The van der Waals surface area contributed by atoms with Crippen molar-refractivity contribution in [1.82, 2.24) is 4.90 Å². The van der Waals surface area contributed by atoms with Crippen LogP contribution in [0.15, 0.2) is 29.3 Å². The number of esters is 1. The van der Waals surface area contributed by atoms with Crippen LogP contribution in [0, 0.1) is 28.6 Å². The van der Waals surface area contributed by atoms with E-state index in [-0.39, 0.29) is 29.8 Å². The van der Waals surface area contributed by atoms with E-state index in [0.717, 1.165) is 18.4 Å². The summed E-state index contributed by atoms with van der Waals surface area (Å²) in [5.41, 5.74) is -0.466. The van der Waals surface area contributed by atoms with Crippen molar-refractivity contribution in [1.29, 1.82) is 5.26 Å². The highest BCUT2D eigenvalue weighted by Gasteiger charge is 2.70. The SMILES string of the molecule is CC#N.CC[C@H]1C[C@@H]2C[C@@]3(C(=O)OC)C4=Nc5ccccc5[C@]4(O)CCN(C2=O)[C@@H]13. The average molecular weight is 409 g/mol. The van der Waals surface area contributed by atoms with Crippen molar-refractivity contribution in [3.63, 3.8) is 0 Å². The van der Waals surface area contributed by atoms with E-state index < -0.39 is 11.0 Å². The molecule has 0 radical (unpaired) electrons. The summed E-state index contributed by atoms with van der Waals surface area (Å²) in [5, 5.41) is 19.1. The van der Waals surface area contributed by atoms with Gasteiger partial charge < -0.3 is 14.7 Å². The number of ether oxygens (including phenoxy) is 1. The summed E-state index contributed by atoms with van der Waals surface area (Å²) in [7, 11) is 1.39. The maximum Gasteiger partial charge on any atom is 0.319 e. The number of rotatable bonds is 2. The molecule has 3 saturated heterocycles. The van der Waals surface area contributed by atoms with E-state index in [1.165, 1.54) is 14.0 Å². The number of carbonyl (C=O) groups is 2. The van der Waals surface area contributed by atoms with Crippen LogP contribution in [-0.4, -0.2) is 47.3 Å². The van der Waals surface area contributed by atoms with Crippen LogP contribution in [0.5, 0.6) is 0 Å². The summed E-state index contributed by atoms with van der Waals surface area (Å²) < 4.78 is 5.29. The second-order valence-corrected chi connectivity index (χ2v) is 8.56. The van der Waals surface area contributed by atoms with E-state index in [4.69, 9.17) is 15.0 Å². The van der Waals surface area contributed by atoms with Gasteiger partial charge in [-0.3, -0.25) is 14.6 Å². The Bertz CT molecular complexity index is 967. The molecular weight excluding hydrogens is 382 g/mol. The summed E-state index contributed by atoms with van der Waals surface area (Å²) in [6.45, 7) is 3.96. The Hall–Kier alpha value is -2.72. The third kappa shape index (κ3) is 2.50. The summed E-state index contributed by atoms with van der Waals surface area (Å²) in [6.07, 6.45) is 2.41. The number of fused-ring (bicyclic) bond motifs is 4. The largest absolute Gasteiger partial charge is 0.468 e. The molecule has 4 aliphatic heterocycles. The van der Waals surface area contributed by atoms with E-state index in [9.17, 15) is 14.7 Å². The van der Waals surface area contributed by atoms with Crippen molar-refractivity contribution >= 4 is 23.3 Å². The van der Waals surface area contributed by atoms with Gasteiger partial charge in [0.25, 0.3) is 0 Å². The molecule has 1 N–H and O–H groups in total. The van der Waals surface area contributed by atoms with Gasteiger partial charge in [0, 0.05) is 31.4 Å². The van der Waals surface area contributed by atoms with Crippen LogP contribution < -0.4 is 0 Å². The maximum absolute atomic E-state index is 13.3. The van der Waals surface area contributed by atoms with E-state index in [2.05, 4.69) is 6.92 Å². The third-order valence-electron chi connectivity index (χ3n) is 7.26. The zero-order chi connectivity index (χ0) is 21.7. The van der Waals surface area contributed by atoms with Gasteiger partial charge in [-0.05, 0) is 24.8 Å². The summed E-state index contributed by atoms with van der Waals surface area (Å²) in [4.78, 5) is 32.9. The lowest BCUT2D eigenvalue weighted by atomic mass is 9.54. The Labute approximate surface area is 176 Å². The van der Waals surface area contributed by atoms with Crippen molar-refractivity contribution < 1.29 is 19.4 Å². The molecule has 7 heteroatoms. The number of carbonyl (C=O) groups excluding carboxylic acids is 2. The minimum atomic E-state index is -1.33. The lowest BCUT2D eigenvalue weighted by molar-refractivity contribution is -0.174. The normalized spacial score (nSPS) is 35.2. The third-order valence-corrected chi connectivity index (χ3v) is 7.26. The first-order valence-electron chi connectivity index (χ1n) is 10.5. The summed E-state index contributed by atoms with van der Waals surface area (Å²) in [6, 6.07) is 8.97. The van der Waals surface area contributed by atoms with Crippen LogP contribution in [-0.2, 0) is 19.9 Å². The van der Waals surface area contributed by atoms with Gasteiger partial charge in [0.2, 0.25) is 5.91 Å². The van der Waals surface area contributed by atoms with Crippen molar-refractivity contribution in [3.8, 4) is 6.07 Å². The molecule has 1 aromatic rings. The molecular formula is C23H27N3O4. The summed E-state index contributed by atoms with van der Waals surface area (Å²) >= 11 is 0. The predicted octanol–water partition coefficient (Wildman–Crippen LogP) is 2.70. The minimum Gasteiger partial charge on any atom is -0.468 e. The number of methoxy groups -OCH3 is 1. The topological polar surface area (TPSA) is 103 Å². The van der Waals surface area contributed by atoms with Crippen molar-refractivity contribution in [3.05, 3.63) is 29.8 Å².